The van der Waals surface area contributed by atoms with Crippen LogP contribution in [0.15, 0.2) is 12.2 Å². The SMILES string of the molecule is O=C1C[C@@H]2[C@@H](C=CC23CC3)N1O. The van der Waals surface area contributed by atoms with E-state index in [1.54, 1.807) is 0 Å². The van der Waals surface area contributed by atoms with Crippen molar-refractivity contribution in [1.29, 1.82) is 0 Å². The van der Waals surface area contributed by atoms with E-state index in [0.29, 0.717) is 17.8 Å². The van der Waals surface area contributed by atoms with Gasteiger partial charge in [0.05, 0.1) is 6.04 Å². The maximum Gasteiger partial charge on any atom is 0.246 e. The average Bonchev–Trinajstić information content (AvgIpc) is 2.67. The Labute approximate surface area is 70.6 Å². The molecule has 0 bridgehead atoms. The Morgan fingerprint density at radius 1 is 1.58 bits per heavy atom. The number of amides is 1. The topological polar surface area (TPSA) is 40.5 Å². The van der Waals surface area contributed by atoms with Gasteiger partial charge in [-0.05, 0) is 18.3 Å². The van der Waals surface area contributed by atoms with Gasteiger partial charge in [0.2, 0.25) is 5.91 Å². The number of hydroxylamine groups is 2. The highest BCUT2D eigenvalue weighted by Crippen LogP contribution is 2.61. The minimum atomic E-state index is -0.111. The van der Waals surface area contributed by atoms with Gasteiger partial charge in [-0.1, -0.05) is 12.2 Å². The number of hydrogen-bond donors (Lipinski definition) is 1. The van der Waals surface area contributed by atoms with Crippen LogP contribution in [0.2, 0.25) is 0 Å². The molecule has 1 saturated carbocycles. The summed E-state index contributed by atoms with van der Waals surface area (Å²) in [6.07, 6.45) is 7.12. The summed E-state index contributed by atoms with van der Waals surface area (Å²) in [6, 6.07) is -0.0139. The highest BCUT2D eigenvalue weighted by molar-refractivity contribution is 5.79. The second-order valence-electron chi connectivity index (χ2n) is 4.13. The highest BCUT2D eigenvalue weighted by atomic mass is 16.5. The summed E-state index contributed by atoms with van der Waals surface area (Å²) in [5.41, 5.74) is 0.303. The maximum atomic E-state index is 11.1. The van der Waals surface area contributed by atoms with E-state index in [9.17, 15) is 10.0 Å². The van der Waals surface area contributed by atoms with Crippen LogP contribution in [0.3, 0.4) is 0 Å². The van der Waals surface area contributed by atoms with Crippen LogP contribution < -0.4 is 0 Å². The standard InChI is InChI=1S/C9H11NO2/c11-8-5-6-7(10(8)12)1-2-9(6)3-4-9/h1-2,6-7,12H,3-5H2/t6-,7-/m1/s1. The lowest BCUT2D eigenvalue weighted by Gasteiger charge is -2.17. The smallest absolute Gasteiger partial charge is 0.246 e. The van der Waals surface area contributed by atoms with Gasteiger partial charge in [-0.15, -0.1) is 0 Å². The lowest BCUT2D eigenvalue weighted by molar-refractivity contribution is -0.162. The predicted octanol–water partition coefficient (Wildman–Crippen LogP) is 0.943. The van der Waals surface area contributed by atoms with Crippen molar-refractivity contribution in [3.8, 4) is 0 Å². The molecule has 1 heterocycles. The molecule has 1 spiro atoms. The Hall–Kier alpha value is -0.830. The van der Waals surface area contributed by atoms with E-state index in [1.165, 1.54) is 12.8 Å². The lowest BCUT2D eigenvalue weighted by Crippen LogP contribution is -2.29. The summed E-state index contributed by atoms with van der Waals surface area (Å²) in [6.45, 7) is 0. The van der Waals surface area contributed by atoms with E-state index in [2.05, 4.69) is 6.08 Å². The van der Waals surface area contributed by atoms with Gasteiger partial charge in [0.25, 0.3) is 0 Å². The molecule has 3 nitrogen and oxygen atoms in total. The monoisotopic (exact) mass is 165 g/mol. The fourth-order valence-electron chi connectivity index (χ4n) is 2.59. The Balaban J connectivity index is 1.97. The van der Waals surface area contributed by atoms with E-state index >= 15 is 0 Å². The van der Waals surface area contributed by atoms with Gasteiger partial charge in [-0.2, -0.15) is 0 Å². The first-order valence-electron chi connectivity index (χ1n) is 4.43. The van der Waals surface area contributed by atoms with Crippen LogP contribution in [0.5, 0.6) is 0 Å². The summed E-state index contributed by atoms with van der Waals surface area (Å²) in [5, 5.41) is 10.3. The molecule has 1 N–H and O–H groups in total. The number of rotatable bonds is 0. The Morgan fingerprint density at radius 2 is 2.33 bits per heavy atom. The number of nitrogens with zero attached hydrogens (tertiary/aromatic N) is 1. The van der Waals surface area contributed by atoms with Gasteiger partial charge in [0, 0.05) is 12.3 Å². The van der Waals surface area contributed by atoms with Crippen molar-refractivity contribution in [3.05, 3.63) is 12.2 Å². The number of carbonyl (C=O) groups excluding carboxylic acids is 1. The Morgan fingerprint density at radius 3 is 3.00 bits per heavy atom. The molecule has 64 valence electrons. The number of allylic oxidation sites excluding steroid dienone is 1. The molecule has 1 amide bonds. The average molecular weight is 165 g/mol. The molecule has 1 saturated heterocycles. The third-order valence-corrected chi connectivity index (χ3v) is 3.54. The minimum Gasteiger partial charge on any atom is -0.285 e. The molecular weight excluding hydrogens is 154 g/mol. The summed E-state index contributed by atoms with van der Waals surface area (Å²) in [4.78, 5) is 11.1. The van der Waals surface area contributed by atoms with E-state index < -0.39 is 0 Å². The maximum absolute atomic E-state index is 11.1. The zero-order valence-electron chi connectivity index (χ0n) is 6.73. The third-order valence-electron chi connectivity index (χ3n) is 3.54. The van der Waals surface area contributed by atoms with Gasteiger partial charge in [-0.25, -0.2) is 5.06 Å². The molecule has 3 aliphatic rings. The molecule has 1 aliphatic heterocycles. The molecule has 2 fully saturated rings. The fraction of sp³-hybridized carbons (Fsp3) is 0.667. The van der Waals surface area contributed by atoms with Crippen LogP contribution in [-0.2, 0) is 4.79 Å². The molecule has 2 atom stereocenters. The summed E-state index contributed by atoms with van der Waals surface area (Å²) in [7, 11) is 0. The highest BCUT2D eigenvalue weighted by Gasteiger charge is 2.58. The predicted molar refractivity (Wildman–Crippen MR) is 41.3 cm³/mol. The molecule has 3 rings (SSSR count). The Kier molecular flexibility index (Phi) is 0.966. The van der Waals surface area contributed by atoms with Crippen molar-refractivity contribution in [2.24, 2.45) is 11.3 Å². The lowest BCUT2D eigenvalue weighted by atomic mass is 9.89. The second-order valence-corrected chi connectivity index (χ2v) is 4.13. The fourth-order valence-corrected chi connectivity index (χ4v) is 2.59. The van der Waals surface area contributed by atoms with Gasteiger partial charge in [-0.3, -0.25) is 10.0 Å². The van der Waals surface area contributed by atoms with Gasteiger partial charge < -0.3 is 0 Å². The summed E-state index contributed by atoms with van der Waals surface area (Å²) < 4.78 is 0. The molecular formula is C9H11NO2. The molecule has 3 heteroatoms. The first kappa shape index (κ1) is 6.66. The van der Waals surface area contributed by atoms with Crippen LogP contribution in [-0.4, -0.2) is 22.2 Å². The summed E-state index contributed by atoms with van der Waals surface area (Å²) in [5.74, 6) is 0.260. The van der Waals surface area contributed by atoms with Crippen LogP contribution in [0.1, 0.15) is 19.3 Å². The van der Waals surface area contributed by atoms with Crippen LogP contribution in [0.25, 0.3) is 0 Å². The first-order chi connectivity index (χ1) is 5.73. The molecule has 0 aromatic heterocycles. The quantitative estimate of drug-likeness (QED) is 0.428. The molecule has 0 unspecified atom stereocenters. The van der Waals surface area contributed by atoms with Gasteiger partial charge in [0.15, 0.2) is 0 Å². The van der Waals surface area contributed by atoms with Crippen molar-refractivity contribution in [3.63, 3.8) is 0 Å². The molecule has 0 aromatic rings. The molecule has 2 aliphatic carbocycles. The molecule has 0 radical (unpaired) electrons. The largest absolute Gasteiger partial charge is 0.285 e. The van der Waals surface area contributed by atoms with Crippen LogP contribution >= 0.6 is 0 Å². The van der Waals surface area contributed by atoms with E-state index in [0.717, 1.165) is 5.06 Å². The van der Waals surface area contributed by atoms with Gasteiger partial charge >= 0.3 is 0 Å². The van der Waals surface area contributed by atoms with Gasteiger partial charge in [0.1, 0.15) is 0 Å². The van der Waals surface area contributed by atoms with Crippen LogP contribution in [0, 0.1) is 11.3 Å². The third kappa shape index (κ3) is 0.591. The van der Waals surface area contributed by atoms with Crippen molar-refractivity contribution in [2.45, 2.75) is 25.3 Å². The zero-order chi connectivity index (χ0) is 8.34. The normalized spacial score (nSPS) is 41.1. The minimum absolute atomic E-state index is 0.0139. The van der Waals surface area contributed by atoms with Crippen molar-refractivity contribution < 1.29 is 10.0 Å². The number of fused-ring (bicyclic) bond motifs is 2. The molecule has 12 heavy (non-hydrogen) atoms. The zero-order valence-corrected chi connectivity index (χ0v) is 6.73. The second kappa shape index (κ2) is 1.74. The summed E-state index contributed by atoms with van der Waals surface area (Å²) >= 11 is 0. The van der Waals surface area contributed by atoms with Crippen molar-refractivity contribution >= 4 is 5.91 Å². The number of carbonyl (C=O) groups is 1. The number of hydrogen-bond acceptors (Lipinski definition) is 2. The van der Waals surface area contributed by atoms with Crippen molar-refractivity contribution in [1.82, 2.24) is 5.06 Å². The van der Waals surface area contributed by atoms with Crippen molar-refractivity contribution in [2.75, 3.05) is 0 Å². The van der Waals surface area contributed by atoms with E-state index in [4.69, 9.17) is 0 Å². The first-order valence-corrected chi connectivity index (χ1v) is 4.43. The van der Waals surface area contributed by atoms with E-state index in [1.807, 2.05) is 6.08 Å². The van der Waals surface area contributed by atoms with Crippen LogP contribution in [0.4, 0.5) is 0 Å². The molecule has 0 aromatic carbocycles. The van der Waals surface area contributed by atoms with E-state index in [-0.39, 0.29) is 11.9 Å². The Bertz CT molecular complexity index is 280.